The van der Waals surface area contributed by atoms with Crippen molar-refractivity contribution in [3.8, 4) is 5.75 Å². The van der Waals surface area contributed by atoms with Gasteiger partial charge < -0.3 is 14.2 Å². The van der Waals surface area contributed by atoms with Crippen LogP contribution in [0.25, 0.3) is 0 Å². The number of methoxy groups -OCH3 is 1. The summed E-state index contributed by atoms with van der Waals surface area (Å²) in [7, 11) is 1.51. The van der Waals surface area contributed by atoms with Crippen molar-refractivity contribution in [2.45, 2.75) is 24.9 Å². The molecule has 1 aromatic carbocycles. The van der Waals surface area contributed by atoms with Gasteiger partial charge in [0, 0.05) is 18.7 Å². The zero-order valence-electron chi connectivity index (χ0n) is 13.9. The van der Waals surface area contributed by atoms with Crippen molar-refractivity contribution in [2.75, 3.05) is 13.7 Å². The Labute approximate surface area is 147 Å². The molecule has 0 aliphatic carbocycles. The molecule has 1 N–H and O–H groups in total. The standard InChI is InChI=1S/C17H17FN2O6/c1-24-11-4-2-10(3-5-11)16(22)25-9-13-12(18)8-15(26-13)20-7-6-14(21)19-17(20)23/h2-7,12-13,15H,8-9H2,1H3,(H,19,21,23)/t12?,13-,15-/m0/s1. The van der Waals surface area contributed by atoms with Gasteiger partial charge in [-0.25, -0.2) is 14.0 Å². The number of hydrogen-bond donors (Lipinski definition) is 1. The summed E-state index contributed by atoms with van der Waals surface area (Å²) in [4.78, 5) is 36.9. The molecule has 8 nitrogen and oxygen atoms in total. The number of halogens is 1. The number of hydrogen-bond acceptors (Lipinski definition) is 6. The van der Waals surface area contributed by atoms with Gasteiger partial charge in [0.2, 0.25) is 0 Å². The summed E-state index contributed by atoms with van der Waals surface area (Å²) in [5.74, 6) is -0.0215. The third-order valence-electron chi connectivity index (χ3n) is 4.03. The number of H-pyrrole nitrogens is 1. The first-order valence-electron chi connectivity index (χ1n) is 7.90. The lowest BCUT2D eigenvalue weighted by Crippen LogP contribution is -2.32. The molecular formula is C17H17FN2O6. The lowest BCUT2D eigenvalue weighted by atomic mass is 10.2. The van der Waals surface area contributed by atoms with Crippen LogP contribution in [-0.4, -0.2) is 41.5 Å². The zero-order chi connectivity index (χ0) is 18.7. The Bertz CT molecular complexity index is 891. The number of carbonyl (C=O) groups is 1. The van der Waals surface area contributed by atoms with Gasteiger partial charge in [0.25, 0.3) is 5.56 Å². The molecule has 1 saturated heterocycles. The topological polar surface area (TPSA) is 99.6 Å². The highest BCUT2D eigenvalue weighted by Gasteiger charge is 2.37. The molecule has 1 fully saturated rings. The number of aromatic amines is 1. The number of nitrogens with one attached hydrogen (secondary N) is 1. The Morgan fingerprint density at radius 2 is 2.04 bits per heavy atom. The van der Waals surface area contributed by atoms with Crippen LogP contribution in [0, 0.1) is 0 Å². The van der Waals surface area contributed by atoms with Gasteiger partial charge in [-0.05, 0) is 24.3 Å². The van der Waals surface area contributed by atoms with E-state index in [9.17, 15) is 18.8 Å². The van der Waals surface area contributed by atoms with Gasteiger partial charge in [-0.1, -0.05) is 0 Å². The van der Waals surface area contributed by atoms with Gasteiger partial charge >= 0.3 is 11.7 Å². The molecule has 9 heteroatoms. The van der Waals surface area contributed by atoms with Crippen LogP contribution in [0.5, 0.6) is 5.75 Å². The molecule has 0 radical (unpaired) electrons. The van der Waals surface area contributed by atoms with E-state index in [1.54, 1.807) is 12.1 Å². The summed E-state index contributed by atoms with van der Waals surface area (Å²) in [5.41, 5.74) is -0.941. The van der Waals surface area contributed by atoms with Crippen molar-refractivity contribution in [3.05, 3.63) is 62.9 Å². The molecule has 2 heterocycles. The SMILES string of the molecule is COc1ccc(C(=O)OC[C@@H]2O[C@H](n3ccc(=O)[nH]c3=O)CC2F)cc1. The maximum atomic E-state index is 14.2. The second kappa shape index (κ2) is 7.52. The highest BCUT2D eigenvalue weighted by Crippen LogP contribution is 2.30. The number of esters is 1. The number of aromatic nitrogens is 2. The van der Waals surface area contributed by atoms with Gasteiger partial charge in [0.15, 0.2) is 0 Å². The summed E-state index contributed by atoms with van der Waals surface area (Å²) in [6, 6.07) is 7.44. The molecule has 26 heavy (non-hydrogen) atoms. The highest BCUT2D eigenvalue weighted by atomic mass is 19.1. The van der Waals surface area contributed by atoms with Crippen LogP contribution < -0.4 is 16.0 Å². The number of alkyl halides is 1. The molecule has 0 spiro atoms. The second-order valence-electron chi connectivity index (χ2n) is 5.73. The molecule has 1 aromatic heterocycles. The Balaban J connectivity index is 1.60. The molecule has 138 valence electrons. The van der Waals surface area contributed by atoms with Crippen LogP contribution in [0.4, 0.5) is 4.39 Å². The van der Waals surface area contributed by atoms with Crippen molar-refractivity contribution in [1.29, 1.82) is 0 Å². The summed E-state index contributed by atoms with van der Waals surface area (Å²) >= 11 is 0. The van der Waals surface area contributed by atoms with Crippen LogP contribution in [0.1, 0.15) is 23.0 Å². The maximum absolute atomic E-state index is 14.2. The molecule has 3 rings (SSSR count). The van der Waals surface area contributed by atoms with E-state index in [4.69, 9.17) is 14.2 Å². The molecule has 0 amide bonds. The highest BCUT2D eigenvalue weighted by molar-refractivity contribution is 5.89. The minimum absolute atomic E-state index is 0.0866. The van der Waals surface area contributed by atoms with Crippen molar-refractivity contribution in [3.63, 3.8) is 0 Å². The van der Waals surface area contributed by atoms with E-state index in [1.165, 1.54) is 25.4 Å². The van der Waals surface area contributed by atoms with E-state index >= 15 is 0 Å². The number of ether oxygens (including phenoxy) is 3. The minimum Gasteiger partial charge on any atom is -0.497 e. The Kier molecular flexibility index (Phi) is 5.17. The summed E-state index contributed by atoms with van der Waals surface area (Å²) in [5, 5.41) is 0. The predicted molar refractivity (Wildman–Crippen MR) is 88.0 cm³/mol. The van der Waals surface area contributed by atoms with Gasteiger partial charge in [0.1, 0.15) is 30.9 Å². The normalized spacial score (nSPS) is 22.2. The van der Waals surface area contributed by atoms with Crippen LogP contribution in [-0.2, 0) is 9.47 Å². The Hall–Kier alpha value is -2.94. The van der Waals surface area contributed by atoms with Crippen molar-refractivity contribution in [1.82, 2.24) is 9.55 Å². The van der Waals surface area contributed by atoms with E-state index in [0.29, 0.717) is 11.3 Å². The third kappa shape index (κ3) is 3.83. The van der Waals surface area contributed by atoms with Gasteiger partial charge in [0.05, 0.1) is 12.7 Å². The summed E-state index contributed by atoms with van der Waals surface area (Å²) in [6.45, 7) is -0.291. The molecule has 0 bridgehead atoms. The van der Waals surface area contributed by atoms with E-state index in [2.05, 4.69) is 4.98 Å². The number of rotatable bonds is 5. The summed E-state index contributed by atoms with van der Waals surface area (Å²) in [6.07, 6.45) is -2.14. The second-order valence-corrected chi connectivity index (χ2v) is 5.73. The van der Waals surface area contributed by atoms with Crippen LogP contribution in [0.15, 0.2) is 46.1 Å². The first-order chi connectivity index (χ1) is 12.5. The lowest BCUT2D eigenvalue weighted by molar-refractivity contribution is -0.0439. The molecule has 1 unspecified atom stereocenters. The van der Waals surface area contributed by atoms with E-state index in [-0.39, 0.29) is 13.0 Å². The maximum Gasteiger partial charge on any atom is 0.338 e. The predicted octanol–water partition coefficient (Wildman–Crippen LogP) is 1.03. The molecule has 1 aliphatic rings. The van der Waals surface area contributed by atoms with Gasteiger partial charge in [-0.3, -0.25) is 14.3 Å². The monoisotopic (exact) mass is 364 g/mol. The molecule has 0 saturated carbocycles. The third-order valence-corrected chi connectivity index (χ3v) is 4.03. The van der Waals surface area contributed by atoms with Gasteiger partial charge in [-0.2, -0.15) is 0 Å². The van der Waals surface area contributed by atoms with Gasteiger partial charge in [-0.15, -0.1) is 0 Å². The Morgan fingerprint density at radius 3 is 2.69 bits per heavy atom. The van der Waals surface area contributed by atoms with Crippen LogP contribution in [0.2, 0.25) is 0 Å². The van der Waals surface area contributed by atoms with Crippen molar-refractivity contribution < 1.29 is 23.4 Å². The average molecular weight is 364 g/mol. The number of benzene rings is 1. The fourth-order valence-electron chi connectivity index (χ4n) is 2.63. The fourth-order valence-corrected chi connectivity index (χ4v) is 2.63. The van der Waals surface area contributed by atoms with E-state index < -0.39 is 35.7 Å². The molecule has 3 atom stereocenters. The minimum atomic E-state index is -1.41. The molecule has 2 aromatic rings. The number of nitrogens with zero attached hydrogens (tertiary/aromatic N) is 1. The van der Waals surface area contributed by atoms with E-state index in [1.807, 2.05) is 0 Å². The molecular weight excluding hydrogens is 347 g/mol. The zero-order valence-corrected chi connectivity index (χ0v) is 13.9. The number of carbonyl (C=O) groups excluding carboxylic acids is 1. The quantitative estimate of drug-likeness (QED) is 0.796. The first kappa shape index (κ1) is 17.9. The lowest BCUT2D eigenvalue weighted by Gasteiger charge is -2.15. The van der Waals surface area contributed by atoms with Crippen molar-refractivity contribution >= 4 is 5.97 Å². The molecule has 1 aliphatic heterocycles. The Morgan fingerprint density at radius 1 is 1.31 bits per heavy atom. The average Bonchev–Trinajstić information content (AvgIpc) is 3.00. The fraction of sp³-hybridized carbons (Fsp3) is 0.353. The largest absolute Gasteiger partial charge is 0.497 e. The first-order valence-corrected chi connectivity index (χ1v) is 7.90. The summed E-state index contributed by atoms with van der Waals surface area (Å²) < 4.78 is 30.8. The van der Waals surface area contributed by atoms with E-state index in [0.717, 1.165) is 10.6 Å². The van der Waals surface area contributed by atoms with Crippen LogP contribution >= 0.6 is 0 Å². The smallest absolute Gasteiger partial charge is 0.338 e. The van der Waals surface area contributed by atoms with Crippen molar-refractivity contribution in [2.24, 2.45) is 0 Å². The van der Waals surface area contributed by atoms with Crippen LogP contribution in [0.3, 0.4) is 0 Å².